The van der Waals surface area contributed by atoms with Gasteiger partial charge in [0.25, 0.3) is 5.67 Å². The number of hydrogen-bond donors (Lipinski definition) is 2. The first kappa shape index (κ1) is 39.0. The van der Waals surface area contributed by atoms with Gasteiger partial charge in [-0.2, -0.15) is 0 Å². The van der Waals surface area contributed by atoms with Crippen LogP contribution >= 0.6 is 0 Å². The minimum atomic E-state index is -3.01. The Morgan fingerprint density at radius 1 is 1.20 bits per heavy atom. The van der Waals surface area contributed by atoms with Crippen LogP contribution in [0.4, 0.5) is 14.9 Å². The van der Waals surface area contributed by atoms with Gasteiger partial charge in [-0.15, -0.1) is 5.10 Å². The van der Waals surface area contributed by atoms with Crippen LogP contribution in [0.25, 0.3) is 11.3 Å². The van der Waals surface area contributed by atoms with Gasteiger partial charge in [0.05, 0.1) is 32.7 Å². The van der Waals surface area contributed by atoms with Gasteiger partial charge in [0.2, 0.25) is 0 Å². The van der Waals surface area contributed by atoms with Crippen LogP contribution in [-0.4, -0.2) is 101 Å². The normalized spacial score (nSPS) is 33.7. The topological polar surface area (TPSA) is 151 Å². The van der Waals surface area contributed by atoms with E-state index in [1.54, 1.807) is 36.4 Å². The molecule has 0 saturated carbocycles. The Labute approximate surface area is 296 Å². The second kappa shape index (κ2) is 15.6. The number of allylic oxidation sites excluding steroid dienone is 1. The molecule has 1 aromatic carbocycles. The minimum Gasteiger partial charge on any atom is -0.455 e. The molecule has 4 rings (SSSR count). The number of esters is 1. The molecule has 2 saturated heterocycles. The monoisotopic (exact) mass is 694 g/mol. The molecule has 272 valence electrons. The average molecular weight is 695 g/mol. The Balaban J connectivity index is 1.60. The maximum absolute atomic E-state index is 16.3. The Morgan fingerprint density at radius 3 is 2.56 bits per heavy atom. The maximum atomic E-state index is 16.3. The van der Waals surface area contributed by atoms with Crippen molar-refractivity contribution < 1.29 is 33.0 Å². The number of rotatable bonds is 8. The molecule has 0 spiro atoms. The van der Waals surface area contributed by atoms with Gasteiger partial charge in [0.1, 0.15) is 11.8 Å². The number of Topliss-reactive ketones (excluding diaryl/α,β-unsaturated/α-hetero) is 1. The van der Waals surface area contributed by atoms with Crippen molar-refractivity contribution in [2.45, 2.75) is 115 Å². The van der Waals surface area contributed by atoms with Crippen LogP contribution in [0, 0.1) is 11.8 Å². The van der Waals surface area contributed by atoms with Crippen LogP contribution < -0.4 is 11.1 Å². The van der Waals surface area contributed by atoms with E-state index in [1.807, 2.05) is 43.5 Å². The number of benzene rings is 1. The zero-order chi connectivity index (χ0) is 37.0. The van der Waals surface area contributed by atoms with Crippen molar-refractivity contribution in [3.63, 3.8) is 0 Å². The number of nitrogens with one attached hydrogen (secondary N) is 1. The number of halogens is 1. The van der Waals surface area contributed by atoms with E-state index in [1.165, 1.54) is 14.0 Å². The molecular formula is C36H52BFN6O6. The standard InChI is InChI=1S/C36H52BFN6O6/c1-9-29-35(7)30(44(33(47)50-35)18-11-10-17-43-21-28(41-42-43)26-13-12-14-27(39)19-26)24(4)40-20-22(2)15-16-36(37,25(5)48-8)23(3)31(45)34(6,38)32(46)49-29/h10-14,19,21-25,29-30,40H,9,15-18,20,39H2,1-8H3/b11-10+/t22-,23+,24-,25?,29-,30-,34+,35-,36+/m1/s1. The summed E-state index contributed by atoms with van der Waals surface area (Å²) < 4.78 is 35.4. The molecule has 1 amide bonds. The van der Waals surface area contributed by atoms with Crippen molar-refractivity contribution in [2.75, 3.05) is 25.9 Å². The van der Waals surface area contributed by atoms with Gasteiger partial charge >= 0.3 is 12.1 Å². The fraction of sp³-hybridized carbons (Fsp3) is 0.639. The number of ketones is 1. The highest BCUT2D eigenvalue weighted by Crippen LogP contribution is 2.46. The third-order valence-corrected chi connectivity index (χ3v) is 10.7. The van der Waals surface area contributed by atoms with E-state index in [0.29, 0.717) is 37.3 Å². The predicted octanol–water partition coefficient (Wildman–Crippen LogP) is 4.69. The number of amides is 1. The molecular weight excluding hydrogens is 642 g/mol. The van der Waals surface area contributed by atoms with E-state index in [0.717, 1.165) is 12.5 Å². The molecule has 3 heterocycles. The van der Waals surface area contributed by atoms with Gasteiger partial charge in [0, 0.05) is 36.9 Å². The molecule has 0 aliphatic carbocycles. The van der Waals surface area contributed by atoms with Gasteiger partial charge < -0.3 is 25.3 Å². The molecule has 2 aliphatic heterocycles. The van der Waals surface area contributed by atoms with Crippen molar-refractivity contribution in [1.29, 1.82) is 0 Å². The third-order valence-electron chi connectivity index (χ3n) is 10.7. The second-order valence-electron chi connectivity index (χ2n) is 14.3. The molecule has 1 aromatic heterocycles. The van der Waals surface area contributed by atoms with E-state index < -0.39 is 58.6 Å². The predicted molar refractivity (Wildman–Crippen MR) is 189 cm³/mol. The molecule has 1 unspecified atom stereocenters. The highest BCUT2D eigenvalue weighted by molar-refractivity contribution is 6.20. The van der Waals surface area contributed by atoms with Gasteiger partial charge in [-0.05, 0) is 70.4 Å². The van der Waals surface area contributed by atoms with Crippen molar-refractivity contribution in [1.82, 2.24) is 25.2 Å². The molecule has 2 aromatic rings. The number of nitrogens with two attached hydrogens (primary N) is 1. The molecule has 12 nitrogen and oxygen atoms in total. The Kier molecular flexibility index (Phi) is 12.2. The van der Waals surface area contributed by atoms with Crippen LogP contribution in [0.5, 0.6) is 0 Å². The summed E-state index contributed by atoms with van der Waals surface area (Å²) in [7, 11) is 8.31. The largest absolute Gasteiger partial charge is 0.455 e. The lowest BCUT2D eigenvalue weighted by molar-refractivity contribution is -0.179. The highest BCUT2D eigenvalue weighted by Gasteiger charge is 2.59. The first-order chi connectivity index (χ1) is 23.5. The number of nitrogens with zero attached hydrogens (tertiary/aromatic N) is 4. The van der Waals surface area contributed by atoms with Gasteiger partial charge in [-0.3, -0.25) is 9.69 Å². The molecule has 2 aliphatic rings. The third kappa shape index (κ3) is 7.91. The number of nitrogen functional groups attached to an aromatic ring is 1. The number of carbonyl (C=O) groups excluding carboxylic acids is 3. The van der Waals surface area contributed by atoms with E-state index in [2.05, 4.69) is 22.6 Å². The fourth-order valence-electron chi connectivity index (χ4n) is 7.21. The summed E-state index contributed by atoms with van der Waals surface area (Å²) in [6.07, 6.45) is 4.39. The molecule has 2 radical (unpaired) electrons. The number of methoxy groups -OCH3 is 1. The number of cyclic esters (lactones) is 1. The smallest absolute Gasteiger partial charge is 0.411 e. The van der Waals surface area contributed by atoms with E-state index in [9.17, 15) is 14.4 Å². The molecule has 9 atom stereocenters. The molecule has 50 heavy (non-hydrogen) atoms. The summed E-state index contributed by atoms with van der Waals surface area (Å²) in [5.74, 6) is -3.31. The minimum absolute atomic E-state index is 0.0889. The fourth-order valence-corrected chi connectivity index (χ4v) is 7.21. The number of alkyl halides is 1. The Bertz CT molecular complexity index is 1550. The van der Waals surface area contributed by atoms with Crippen molar-refractivity contribution in [3.8, 4) is 11.3 Å². The summed E-state index contributed by atoms with van der Waals surface area (Å²) in [4.78, 5) is 42.3. The van der Waals surface area contributed by atoms with Crippen LogP contribution in [-0.2, 0) is 30.3 Å². The first-order valence-electron chi connectivity index (χ1n) is 17.4. The van der Waals surface area contributed by atoms with Gasteiger partial charge in [-0.25, -0.2) is 18.7 Å². The van der Waals surface area contributed by atoms with E-state index in [-0.39, 0.29) is 24.9 Å². The Morgan fingerprint density at radius 2 is 1.90 bits per heavy atom. The number of fused-ring (bicyclic) bond motifs is 1. The van der Waals surface area contributed by atoms with Crippen LogP contribution in [0.2, 0.25) is 5.31 Å². The first-order valence-corrected chi connectivity index (χ1v) is 17.4. The number of aromatic nitrogens is 3. The molecule has 2 fully saturated rings. The van der Waals surface area contributed by atoms with Crippen LogP contribution in [0.15, 0.2) is 42.6 Å². The molecule has 0 bridgehead atoms. The van der Waals surface area contributed by atoms with Crippen molar-refractivity contribution >= 4 is 31.4 Å². The number of anilines is 1. The molecule has 14 heteroatoms. The number of ether oxygens (including phenoxy) is 3. The zero-order valence-electron chi connectivity index (χ0n) is 30.5. The van der Waals surface area contributed by atoms with Crippen molar-refractivity contribution in [3.05, 3.63) is 42.6 Å². The second-order valence-corrected chi connectivity index (χ2v) is 14.3. The summed E-state index contributed by atoms with van der Waals surface area (Å²) in [6.45, 7) is 12.8. The average Bonchev–Trinajstić information content (AvgIpc) is 3.66. The van der Waals surface area contributed by atoms with E-state index in [4.69, 9.17) is 27.8 Å². The quantitative estimate of drug-likeness (QED) is 0.131. The number of carbonyl (C=O) groups is 3. The van der Waals surface area contributed by atoms with Crippen LogP contribution in [0.3, 0.4) is 0 Å². The van der Waals surface area contributed by atoms with Crippen molar-refractivity contribution in [2.24, 2.45) is 11.8 Å². The van der Waals surface area contributed by atoms with Gasteiger partial charge in [0.15, 0.2) is 11.4 Å². The number of hydrogen-bond acceptors (Lipinski definition) is 10. The summed E-state index contributed by atoms with van der Waals surface area (Å²) >= 11 is 0. The molecule has 3 N–H and O–H groups in total. The van der Waals surface area contributed by atoms with Gasteiger partial charge in [-0.1, -0.05) is 56.7 Å². The summed E-state index contributed by atoms with van der Waals surface area (Å²) in [5.41, 5.74) is 3.68. The lowest BCUT2D eigenvalue weighted by Crippen LogP contribution is -2.61. The summed E-state index contributed by atoms with van der Waals surface area (Å²) in [6, 6.07) is 6.41. The SMILES string of the molecule is [B][C@@]1(C(C)OC)CC[C@@H](C)CN[C@H](C)[C@H]2N(C/C=C/Cn3cc(-c4cccc(N)c4)nn3)C(=O)O[C@]2(C)[C@@H](CC)OC(=O)[C@@](C)(F)C(=O)[C@@H]1C. The maximum Gasteiger partial charge on any atom is 0.411 e. The highest BCUT2D eigenvalue weighted by atomic mass is 19.1. The lowest BCUT2D eigenvalue weighted by Gasteiger charge is -2.42. The lowest BCUT2D eigenvalue weighted by atomic mass is 9.53. The van der Waals surface area contributed by atoms with Crippen LogP contribution in [0.1, 0.15) is 67.7 Å². The summed E-state index contributed by atoms with van der Waals surface area (Å²) in [5, 5.41) is 10.8. The zero-order valence-corrected chi connectivity index (χ0v) is 30.5. The Hall–Kier alpha value is -3.78. The van der Waals surface area contributed by atoms with E-state index >= 15 is 4.39 Å².